The molecule has 0 saturated heterocycles. The Morgan fingerprint density at radius 2 is 2.00 bits per heavy atom. The highest BCUT2D eigenvalue weighted by Gasteiger charge is 2.06. The molecular weight excluding hydrogens is 539 g/mol. The van der Waals surface area contributed by atoms with E-state index in [-0.39, 0.29) is 24.0 Å². The van der Waals surface area contributed by atoms with E-state index in [9.17, 15) is 0 Å². The third-order valence-electron chi connectivity index (χ3n) is 3.66. The molecule has 1 aromatic carbocycles. The third-order valence-corrected chi connectivity index (χ3v) is 5.28. The summed E-state index contributed by atoms with van der Waals surface area (Å²) in [4.78, 5) is 5.97. The number of guanidine groups is 1. The van der Waals surface area contributed by atoms with E-state index in [0.29, 0.717) is 5.25 Å². The standard InChI is InChI=1S/C18H27BrN6S.HI/c1-4-17-24-23-13-25(17)11-10-21-18(20-5-2)22-12-14(3)26-16-8-6-15(19)7-9-16;/h6-9,13-14H,4-5,10-12H2,1-3H3,(H2,20,21,22);1H. The predicted octanol–water partition coefficient (Wildman–Crippen LogP) is 3.96. The molecule has 0 aliphatic rings. The largest absolute Gasteiger partial charge is 0.357 e. The first-order valence-corrected chi connectivity index (χ1v) is 10.6. The number of aryl methyl sites for hydroxylation is 1. The lowest BCUT2D eigenvalue weighted by Gasteiger charge is -2.14. The first kappa shape index (κ1) is 24.2. The van der Waals surface area contributed by atoms with Crippen LogP contribution in [-0.4, -0.2) is 45.6 Å². The Morgan fingerprint density at radius 3 is 2.67 bits per heavy atom. The van der Waals surface area contributed by atoms with Gasteiger partial charge in [0.15, 0.2) is 5.96 Å². The van der Waals surface area contributed by atoms with E-state index >= 15 is 0 Å². The molecule has 0 aliphatic heterocycles. The minimum absolute atomic E-state index is 0. The number of aliphatic imine (C=N–C) groups is 1. The van der Waals surface area contributed by atoms with Crippen molar-refractivity contribution in [3.8, 4) is 0 Å². The van der Waals surface area contributed by atoms with E-state index in [1.54, 1.807) is 6.33 Å². The summed E-state index contributed by atoms with van der Waals surface area (Å²) >= 11 is 5.30. The van der Waals surface area contributed by atoms with Crippen LogP contribution in [-0.2, 0) is 13.0 Å². The average molecular weight is 567 g/mol. The van der Waals surface area contributed by atoms with Gasteiger partial charge in [-0.1, -0.05) is 29.8 Å². The van der Waals surface area contributed by atoms with Gasteiger partial charge in [-0.15, -0.1) is 45.9 Å². The Hall–Kier alpha value is -0.810. The quantitative estimate of drug-likeness (QED) is 0.208. The van der Waals surface area contributed by atoms with E-state index in [0.717, 1.165) is 48.9 Å². The fraction of sp³-hybridized carbons (Fsp3) is 0.500. The molecule has 1 atom stereocenters. The normalized spacial score (nSPS) is 12.4. The molecule has 2 aromatic rings. The summed E-state index contributed by atoms with van der Waals surface area (Å²) in [6, 6.07) is 8.39. The Bertz CT molecular complexity index is 691. The molecule has 0 aliphatic carbocycles. The topological polar surface area (TPSA) is 67.1 Å². The molecule has 27 heavy (non-hydrogen) atoms. The number of aromatic nitrogens is 3. The lowest BCUT2D eigenvalue weighted by molar-refractivity contribution is 0.632. The minimum atomic E-state index is 0. The maximum atomic E-state index is 4.71. The third kappa shape index (κ3) is 8.82. The van der Waals surface area contributed by atoms with Crippen molar-refractivity contribution < 1.29 is 0 Å². The van der Waals surface area contributed by atoms with Crippen molar-refractivity contribution in [3.63, 3.8) is 0 Å². The van der Waals surface area contributed by atoms with Crippen LogP contribution < -0.4 is 10.6 Å². The van der Waals surface area contributed by atoms with Crippen LogP contribution in [0.25, 0.3) is 0 Å². The zero-order valence-corrected chi connectivity index (χ0v) is 20.7. The summed E-state index contributed by atoms with van der Waals surface area (Å²) < 4.78 is 3.17. The smallest absolute Gasteiger partial charge is 0.191 e. The average Bonchev–Trinajstić information content (AvgIpc) is 3.09. The van der Waals surface area contributed by atoms with Gasteiger partial charge in [0.1, 0.15) is 12.2 Å². The van der Waals surface area contributed by atoms with Crippen molar-refractivity contribution in [3.05, 3.63) is 40.9 Å². The summed E-state index contributed by atoms with van der Waals surface area (Å²) in [6.07, 6.45) is 2.67. The molecule has 0 spiro atoms. The van der Waals surface area contributed by atoms with Crippen molar-refractivity contribution in [2.24, 2.45) is 4.99 Å². The number of halogens is 2. The van der Waals surface area contributed by atoms with Crippen molar-refractivity contribution in [1.29, 1.82) is 0 Å². The number of hydrogen-bond donors (Lipinski definition) is 2. The summed E-state index contributed by atoms with van der Waals surface area (Å²) in [5.41, 5.74) is 0. The molecule has 1 aromatic heterocycles. The van der Waals surface area contributed by atoms with Gasteiger partial charge in [0.2, 0.25) is 0 Å². The Kier molecular flexibility index (Phi) is 12.0. The SMILES string of the molecule is CCNC(=NCC(C)Sc1ccc(Br)cc1)NCCn1cnnc1CC.I. The van der Waals surface area contributed by atoms with E-state index in [1.165, 1.54) is 4.90 Å². The van der Waals surface area contributed by atoms with Gasteiger partial charge in [-0.3, -0.25) is 4.99 Å². The molecule has 6 nitrogen and oxygen atoms in total. The van der Waals surface area contributed by atoms with E-state index < -0.39 is 0 Å². The second kappa shape index (κ2) is 13.4. The molecule has 1 unspecified atom stereocenters. The van der Waals surface area contributed by atoms with Gasteiger partial charge in [0, 0.05) is 40.7 Å². The maximum Gasteiger partial charge on any atom is 0.191 e. The van der Waals surface area contributed by atoms with Crippen LogP contribution in [0.5, 0.6) is 0 Å². The van der Waals surface area contributed by atoms with Crippen LogP contribution in [0.2, 0.25) is 0 Å². The van der Waals surface area contributed by atoms with Crippen molar-refractivity contribution in [2.45, 2.75) is 43.9 Å². The van der Waals surface area contributed by atoms with E-state index in [4.69, 9.17) is 4.99 Å². The Morgan fingerprint density at radius 1 is 1.26 bits per heavy atom. The van der Waals surface area contributed by atoms with E-state index in [1.807, 2.05) is 11.8 Å². The monoisotopic (exact) mass is 566 g/mol. The molecule has 0 saturated carbocycles. The summed E-state index contributed by atoms with van der Waals surface area (Å²) in [7, 11) is 0. The lowest BCUT2D eigenvalue weighted by atomic mass is 10.4. The van der Waals surface area contributed by atoms with Gasteiger partial charge in [-0.05, 0) is 31.2 Å². The number of benzene rings is 1. The second-order valence-corrected chi connectivity index (χ2v) is 8.25. The lowest BCUT2D eigenvalue weighted by Crippen LogP contribution is -2.39. The second-order valence-electron chi connectivity index (χ2n) is 5.82. The van der Waals surface area contributed by atoms with Crippen LogP contribution in [0.1, 0.15) is 26.6 Å². The van der Waals surface area contributed by atoms with Crippen molar-refractivity contribution in [2.75, 3.05) is 19.6 Å². The van der Waals surface area contributed by atoms with Gasteiger partial charge in [0.05, 0.1) is 6.54 Å². The Labute approximate surface area is 191 Å². The van der Waals surface area contributed by atoms with Crippen LogP contribution in [0.4, 0.5) is 0 Å². The minimum Gasteiger partial charge on any atom is -0.357 e. The number of hydrogen-bond acceptors (Lipinski definition) is 4. The molecule has 2 N–H and O–H groups in total. The fourth-order valence-corrected chi connectivity index (χ4v) is 3.55. The molecule has 2 rings (SSSR count). The number of thioether (sulfide) groups is 1. The van der Waals surface area contributed by atoms with Crippen LogP contribution in [0, 0.1) is 0 Å². The number of rotatable bonds is 9. The van der Waals surface area contributed by atoms with Crippen LogP contribution in [0.15, 0.2) is 45.0 Å². The fourth-order valence-electron chi connectivity index (χ4n) is 2.38. The molecule has 9 heteroatoms. The molecule has 0 amide bonds. The van der Waals surface area contributed by atoms with Crippen LogP contribution >= 0.6 is 51.7 Å². The predicted molar refractivity (Wildman–Crippen MR) is 128 cm³/mol. The zero-order valence-electron chi connectivity index (χ0n) is 16.0. The first-order valence-electron chi connectivity index (χ1n) is 8.93. The highest BCUT2D eigenvalue weighted by molar-refractivity contribution is 14.0. The van der Waals surface area contributed by atoms with Crippen molar-refractivity contribution in [1.82, 2.24) is 25.4 Å². The zero-order chi connectivity index (χ0) is 18.8. The van der Waals surface area contributed by atoms with Gasteiger partial charge < -0.3 is 15.2 Å². The van der Waals surface area contributed by atoms with Gasteiger partial charge in [0.25, 0.3) is 0 Å². The van der Waals surface area contributed by atoms with Gasteiger partial charge >= 0.3 is 0 Å². The molecular formula is C18H28BrIN6S. The molecule has 0 radical (unpaired) electrons. The Balaban J connectivity index is 0.00000364. The molecule has 0 fully saturated rings. The summed E-state index contributed by atoms with van der Waals surface area (Å²) in [6.45, 7) is 9.56. The summed E-state index contributed by atoms with van der Waals surface area (Å²) in [5.74, 6) is 1.86. The number of nitrogens with zero attached hydrogens (tertiary/aromatic N) is 4. The van der Waals surface area contributed by atoms with E-state index in [2.05, 4.69) is 86.4 Å². The summed E-state index contributed by atoms with van der Waals surface area (Å²) in [5, 5.41) is 15.2. The highest BCUT2D eigenvalue weighted by Crippen LogP contribution is 2.24. The molecule has 0 bridgehead atoms. The van der Waals surface area contributed by atoms with Crippen LogP contribution in [0.3, 0.4) is 0 Å². The molecule has 1 heterocycles. The highest BCUT2D eigenvalue weighted by atomic mass is 127. The van der Waals surface area contributed by atoms with Gasteiger partial charge in [-0.25, -0.2) is 0 Å². The van der Waals surface area contributed by atoms with Crippen molar-refractivity contribution >= 4 is 57.6 Å². The first-order chi connectivity index (χ1) is 12.6. The van der Waals surface area contributed by atoms with Gasteiger partial charge in [-0.2, -0.15) is 0 Å². The maximum absolute atomic E-state index is 4.71. The molecule has 150 valence electrons. The number of nitrogens with one attached hydrogen (secondary N) is 2.